The number of aliphatic carboxylic acids is 1. The molecule has 0 unspecified atom stereocenters. The van der Waals surface area contributed by atoms with Crippen molar-refractivity contribution in [3.05, 3.63) is 52.7 Å². The number of pyridine rings is 2. The SMILES string of the molecule is O=C(O)[C@@H]1[C@@H](CO)[C@@H]2Cn3c(ccc(-c4ccncc4)c3=O)[C@H]1N2C(=O)C1CCCC1. The number of fused-ring (bicyclic) bond motifs is 4. The number of hydrogen-bond donors (Lipinski definition) is 2. The highest BCUT2D eigenvalue weighted by Crippen LogP contribution is 2.49. The first-order valence-corrected chi connectivity index (χ1v) is 10.8. The molecule has 2 aromatic heterocycles. The van der Waals surface area contributed by atoms with Gasteiger partial charge >= 0.3 is 5.97 Å². The summed E-state index contributed by atoms with van der Waals surface area (Å²) in [5.74, 6) is -2.75. The zero-order chi connectivity index (χ0) is 21.7. The number of carbonyl (C=O) groups is 2. The summed E-state index contributed by atoms with van der Waals surface area (Å²) in [5.41, 5.74) is 1.57. The van der Waals surface area contributed by atoms with Crippen LogP contribution < -0.4 is 5.56 Å². The van der Waals surface area contributed by atoms with Gasteiger partial charge in [0, 0.05) is 48.6 Å². The molecule has 8 heteroatoms. The Balaban J connectivity index is 1.64. The summed E-state index contributed by atoms with van der Waals surface area (Å²) in [6.45, 7) is -0.149. The van der Waals surface area contributed by atoms with Gasteiger partial charge in [0.15, 0.2) is 0 Å². The minimum atomic E-state index is -1.05. The molecule has 1 amide bonds. The Bertz CT molecular complexity index is 1080. The molecule has 0 aromatic carbocycles. The Hall–Kier alpha value is -3.00. The fourth-order valence-electron chi connectivity index (χ4n) is 5.82. The van der Waals surface area contributed by atoms with E-state index < -0.39 is 29.9 Å². The smallest absolute Gasteiger partial charge is 0.309 e. The first kappa shape index (κ1) is 19.9. The Kier molecular flexibility index (Phi) is 4.89. The van der Waals surface area contributed by atoms with E-state index in [-0.39, 0.29) is 30.5 Å². The maximum Gasteiger partial charge on any atom is 0.309 e. The lowest BCUT2D eigenvalue weighted by Gasteiger charge is -2.39. The van der Waals surface area contributed by atoms with Crippen LogP contribution in [-0.4, -0.2) is 49.2 Å². The molecule has 8 nitrogen and oxygen atoms in total. The second-order valence-electron chi connectivity index (χ2n) is 8.77. The van der Waals surface area contributed by atoms with Crippen LogP contribution in [0.2, 0.25) is 0 Å². The van der Waals surface area contributed by atoms with Crippen LogP contribution in [0.25, 0.3) is 11.1 Å². The monoisotopic (exact) mass is 423 g/mol. The van der Waals surface area contributed by atoms with Crippen molar-refractivity contribution in [2.24, 2.45) is 17.8 Å². The Morgan fingerprint density at radius 2 is 1.81 bits per heavy atom. The highest BCUT2D eigenvalue weighted by molar-refractivity contribution is 5.83. The summed E-state index contributed by atoms with van der Waals surface area (Å²) < 4.78 is 1.61. The van der Waals surface area contributed by atoms with Crippen molar-refractivity contribution >= 4 is 11.9 Å². The minimum absolute atomic E-state index is 0.0355. The van der Waals surface area contributed by atoms with Crippen LogP contribution >= 0.6 is 0 Å². The van der Waals surface area contributed by atoms with Gasteiger partial charge in [-0.05, 0) is 42.7 Å². The third-order valence-corrected chi connectivity index (χ3v) is 7.28. The van der Waals surface area contributed by atoms with Gasteiger partial charge in [-0.2, -0.15) is 0 Å². The second-order valence-corrected chi connectivity index (χ2v) is 8.77. The summed E-state index contributed by atoms with van der Waals surface area (Å²) in [7, 11) is 0. The lowest BCUT2D eigenvalue weighted by Crippen LogP contribution is -2.50. The number of aliphatic hydroxyl groups excluding tert-OH is 1. The maximum atomic E-state index is 13.4. The molecule has 2 N–H and O–H groups in total. The van der Waals surface area contributed by atoms with Crippen LogP contribution in [0.15, 0.2) is 41.5 Å². The van der Waals surface area contributed by atoms with E-state index in [2.05, 4.69) is 4.98 Å². The Labute approximate surface area is 179 Å². The molecule has 1 saturated heterocycles. The van der Waals surface area contributed by atoms with Crippen LogP contribution in [0.5, 0.6) is 0 Å². The molecule has 2 aromatic rings. The predicted molar refractivity (Wildman–Crippen MR) is 111 cm³/mol. The molecule has 162 valence electrons. The first-order valence-electron chi connectivity index (χ1n) is 10.8. The third kappa shape index (κ3) is 3.00. The van der Waals surface area contributed by atoms with Crippen LogP contribution in [-0.2, 0) is 16.1 Å². The number of rotatable bonds is 4. The van der Waals surface area contributed by atoms with Crippen LogP contribution in [0.3, 0.4) is 0 Å². The van der Waals surface area contributed by atoms with Crippen LogP contribution in [0.4, 0.5) is 0 Å². The number of nitrogens with zero attached hydrogens (tertiary/aromatic N) is 3. The molecule has 0 spiro atoms. The third-order valence-electron chi connectivity index (χ3n) is 7.28. The van der Waals surface area contributed by atoms with E-state index >= 15 is 0 Å². The quantitative estimate of drug-likeness (QED) is 0.774. The van der Waals surface area contributed by atoms with Gasteiger partial charge in [-0.25, -0.2) is 0 Å². The van der Waals surface area contributed by atoms with E-state index in [4.69, 9.17) is 0 Å². The minimum Gasteiger partial charge on any atom is -0.481 e. The lowest BCUT2D eigenvalue weighted by atomic mass is 9.87. The zero-order valence-corrected chi connectivity index (χ0v) is 17.1. The molecule has 31 heavy (non-hydrogen) atoms. The number of carbonyl (C=O) groups excluding carboxylic acids is 1. The number of carboxylic acids is 1. The normalized spacial score (nSPS) is 27.3. The topological polar surface area (TPSA) is 113 Å². The van der Waals surface area contributed by atoms with Gasteiger partial charge in [0.05, 0.1) is 18.0 Å². The number of amides is 1. The highest BCUT2D eigenvalue weighted by Gasteiger charge is 2.58. The average molecular weight is 423 g/mol. The van der Waals surface area contributed by atoms with Gasteiger partial charge in [-0.1, -0.05) is 12.8 Å². The summed E-state index contributed by atoms with van der Waals surface area (Å²) in [5, 5.41) is 20.1. The van der Waals surface area contributed by atoms with Gasteiger partial charge in [0.1, 0.15) is 0 Å². The summed E-state index contributed by atoms with van der Waals surface area (Å²) in [6, 6.07) is 5.72. The van der Waals surface area contributed by atoms with Crippen molar-refractivity contribution in [3.63, 3.8) is 0 Å². The molecule has 1 aliphatic carbocycles. The summed E-state index contributed by atoms with van der Waals surface area (Å²) >= 11 is 0. The summed E-state index contributed by atoms with van der Waals surface area (Å²) in [4.78, 5) is 44.7. The van der Waals surface area contributed by atoms with E-state index in [1.807, 2.05) is 0 Å². The number of aliphatic hydroxyl groups is 1. The number of hydrogen-bond acceptors (Lipinski definition) is 5. The van der Waals surface area contributed by atoms with E-state index in [1.165, 1.54) is 0 Å². The van der Waals surface area contributed by atoms with Crippen LogP contribution in [0.1, 0.15) is 37.4 Å². The van der Waals surface area contributed by atoms with Crippen molar-refractivity contribution in [3.8, 4) is 11.1 Å². The van der Waals surface area contributed by atoms with Gasteiger partial charge in [0.25, 0.3) is 5.56 Å². The maximum absolute atomic E-state index is 13.4. The molecule has 2 fully saturated rings. The van der Waals surface area contributed by atoms with E-state index in [0.717, 1.165) is 31.2 Å². The van der Waals surface area contributed by atoms with E-state index in [9.17, 15) is 24.6 Å². The molecule has 1 saturated carbocycles. The zero-order valence-electron chi connectivity index (χ0n) is 17.1. The second kappa shape index (κ2) is 7.60. The van der Waals surface area contributed by atoms with Crippen molar-refractivity contribution in [1.82, 2.24) is 14.5 Å². The molecule has 2 aliphatic heterocycles. The predicted octanol–water partition coefficient (Wildman–Crippen LogP) is 1.68. The fourth-order valence-corrected chi connectivity index (χ4v) is 5.82. The fraction of sp³-hybridized carbons (Fsp3) is 0.478. The molecule has 5 rings (SSSR count). The molecular formula is C23H25N3O5. The first-order chi connectivity index (χ1) is 15.0. The van der Waals surface area contributed by atoms with Crippen molar-refractivity contribution in [2.75, 3.05) is 6.61 Å². The molecule has 2 bridgehead atoms. The summed E-state index contributed by atoms with van der Waals surface area (Å²) in [6.07, 6.45) is 6.85. The van der Waals surface area contributed by atoms with Gasteiger partial charge < -0.3 is 19.7 Å². The number of aromatic nitrogens is 2. The van der Waals surface area contributed by atoms with Crippen molar-refractivity contribution in [2.45, 2.75) is 44.3 Å². The van der Waals surface area contributed by atoms with Crippen LogP contribution in [0, 0.1) is 17.8 Å². The molecule has 4 heterocycles. The highest BCUT2D eigenvalue weighted by atomic mass is 16.4. The van der Waals surface area contributed by atoms with Gasteiger partial charge in [0.2, 0.25) is 5.91 Å². The largest absolute Gasteiger partial charge is 0.481 e. The van der Waals surface area contributed by atoms with E-state index in [0.29, 0.717) is 11.3 Å². The van der Waals surface area contributed by atoms with E-state index in [1.54, 1.807) is 46.1 Å². The van der Waals surface area contributed by atoms with Crippen molar-refractivity contribution in [1.29, 1.82) is 0 Å². The average Bonchev–Trinajstić information content (AvgIpc) is 3.39. The molecule has 3 aliphatic rings. The number of carboxylic acid groups (broad SMARTS) is 1. The molecule has 4 atom stereocenters. The lowest BCUT2D eigenvalue weighted by molar-refractivity contribution is -0.146. The molecule has 0 radical (unpaired) electrons. The molecular weight excluding hydrogens is 398 g/mol. The Morgan fingerprint density at radius 3 is 2.45 bits per heavy atom. The Morgan fingerprint density at radius 1 is 1.10 bits per heavy atom. The van der Waals surface area contributed by atoms with Gasteiger partial charge in [-0.3, -0.25) is 19.4 Å². The van der Waals surface area contributed by atoms with Crippen molar-refractivity contribution < 1.29 is 19.8 Å². The van der Waals surface area contributed by atoms with Gasteiger partial charge in [-0.15, -0.1) is 0 Å². The standard InChI is InChI=1S/C23H25N3O5/c27-12-16-18-11-25-17(6-5-15(22(25)29)13-7-9-24-10-8-13)20(19(16)23(30)31)26(18)21(28)14-3-1-2-4-14/h5-10,14,16,18-20,27H,1-4,11-12H2,(H,30,31)/t16-,18-,19+,20+/m0/s1.